The number of hydrogen-bond donors (Lipinski definition) is 1. The number of benzene rings is 1. The van der Waals surface area contributed by atoms with Crippen molar-refractivity contribution in [2.24, 2.45) is 0 Å². The maximum absolute atomic E-state index is 12.6. The van der Waals surface area contributed by atoms with Gasteiger partial charge in [0.2, 0.25) is 0 Å². The van der Waals surface area contributed by atoms with Crippen LogP contribution in [0.5, 0.6) is 0 Å². The van der Waals surface area contributed by atoms with Gasteiger partial charge in [-0.15, -0.1) is 0 Å². The van der Waals surface area contributed by atoms with Gasteiger partial charge in [-0.2, -0.15) is 0 Å². The highest BCUT2D eigenvalue weighted by Crippen LogP contribution is 2.11. The van der Waals surface area contributed by atoms with Gasteiger partial charge >= 0.3 is 6.09 Å². The van der Waals surface area contributed by atoms with Gasteiger partial charge in [0.25, 0.3) is 11.8 Å². The van der Waals surface area contributed by atoms with Gasteiger partial charge in [-0.05, 0) is 45.3 Å². The predicted octanol–water partition coefficient (Wildman–Crippen LogP) is 0.892. The number of nitrogens with one attached hydrogen (secondary N) is 1. The zero-order valence-corrected chi connectivity index (χ0v) is 16.2. The first-order valence-corrected chi connectivity index (χ1v) is 9.16. The number of carbonyl (C=O) groups excluding carboxylic acids is 3. The molecule has 2 rings (SSSR count). The van der Waals surface area contributed by atoms with E-state index in [1.807, 2.05) is 19.0 Å². The quantitative estimate of drug-likeness (QED) is 0.797. The van der Waals surface area contributed by atoms with Crippen molar-refractivity contribution in [1.82, 2.24) is 20.0 Å². The van der Waals surface area contributed by atoms with Gasteiger partial charge in [0.15, 0.2) is 0 Å². The topological polar surface area (TPSA) is 82.2 Å². The van der Waals surface area contributed by atoms with Crippen molar-refractivity contribution in [2.45, 2.75) is 6.92 Å². The zero-order valence-electron chi connectivity index (χ0n) is 16.2. The molecule has 0 spiro atoms. The van der Waals surface area contributed by atoms with E-state index in [1.54, 1.807) is 41.0 Å². The van der Waals surface area contributed by atoms with E-state index >= 15 is 0 Å². The Labute approximate surface area is 160 Å². The molecular formula is C19H28N4O4. The Hall–Kier alpha value is -2.61. The summed E-state index contributed by atoms with van der Waals surface area (Å²) in [5.41, 5.74) is 1.06. The second kappa shape index (κ2) is 9.91. The predicted molar refractivity (Wildman–Crippen MR) is 102 cm³/mol. The molecule has 0 bridgehead atoms. The summed E-state index contributed by atoms with van der Waals surface area (Å²) in [6.07, 6.45) is -0.339. The maximum Gasteiger partial charge on any atom is 0.409 e. The highest BCUT2D eigenvalue weighted by molar-refractivity contribution is 5.97. The molecule has 1 N–H and O–H groups in total. The monoisotopic (exact) mass is 376 g/mol. The first-order chi connectivity index (χ1) is 12.9. The molecular weight excluding hydrogens is 348 g/mol. The Morgan fingerprint density at radius 1 is 1.00 bits per heavy atom. The Morgan fingerprint density at radius 2 is 1.56 bits per heavy atom. The SMILES string of the molecule is CCOC(=O)N1CCN(C(=O)c2ccc(C(=O)NCCN(C)C)cc2)CC1. The molecule has 0 saturated carbocycles. The van der Waals surface area contributed by atoms with E-state index in [1.165, 1.54) is 0 Å². The Balaban J connectivity index is 1.87. The summed E-state index contributed by atoms with van der Waals surface area (Å²) in [7, 11) is 3.89. The fourth-order valence-electron chi connectivity index (χ4n) is 2.75. The zero-order chi connectivity index (χ0) is 19.8. The molecule has 1 aliphatic rings. The third-order valence-corrected chi connectivity index (χ3v) is 4.33. The standard InChI is InChI=1S/C19H28N4O4/c1-4-27-19(26)23-13-11-22(12-14-23)18(25)16-7-5-15(6-8-16)17(24)20-9-10-21(2)3/h5-8H,4,9-14H2,1-3H3,(H,20,24). The number of piperazine rings is 1. The summed E-state index contributed by atoms with van der Waals surface area (Å²) in [5, 5.41) is 2.84. The lowest BCUT2D eigenvalue weighted by Gasteiger charge is -2.34. The highest BCUT2D eigenvalue weighted by Gasteiger charge is 2.25. The van der Waals surface area contributed by atoms with Crippen molar-refractivity contribution in [3.63, 3.8) is 0 Å². The fraction of sp³-hybridized carbons (Fsp3) is 0.526. The minimum Gasteiger partial charge on any atom is -0.450 e. The lowest BCUT2D eigenvalue weighted by molar-refractivity contribution is 0.0570. The van der Waals surface area contributed by atoms with E-state index in [0.29, 0.717) is 50.5 Å². The van der Waals surface area contributed by atoms with E-state index in [2.05, 4.69) is 5.32 Å². The summed E-state index contributed by atoms with van der Waals surface area (Å²) in [6.45, 7) is 5.27. The van der Waals surface area contributed by atoms with Gasteiger partial charge in [-0.25, -0.2) is 4.79 Å². The number of carbonyl (C=O) groups is 3. The average molecular weight is 376 g/mol. The second-order valence-electron chi connectivity index (χ2n) is 6.61. The fourth-order valence-corrected chi connectivity index (χ4v) is 2.75. The molecule has 0 radical (unpaired) electrons. The summed E-state index contributed by atoms with van der Waals surface area (Å²) in [4.78, 5) is 41.7. The maximum atomic E-state index is 12.6. The van der Waals surface area contributed by atoms with Crippen LogP contribution in [0.15, 0.2) is 24.3 Å². The lowest BCUT2D eigenvalue weighted by Crippen LogP contribution is -2.50. The summed E-state index contributed by atoms with van der Waals surface area (Å²) in [5.74, 6) is -0.253. The number of rotatable bonds is 6. The molecule has 1 aromatic carbocycles. The molecule has 1 saturated heterocycles. The first kappa shape index (κ1) is 20.7. The van der Waals surface area contributed by atoms with E-state index < -0.39 is 0 Å². The number of ether oxygens (including phenoxy) is 1. The van der Waals surface area contributed by atoms with Gasteiger partial charge in [-0.3, -0.25) is 9.59 Å². The van der Waals surface area contributed by atoms with Crippen LogP contribution in [0.1, 0.15) is 27.6 Å². The van der Waals surface area contributed by atoms with Crippen LogP contribution >= 0.6 is 0 Å². The third kappa shape index (κ3) is 5.96. The van der Waals surface area contributed by atoms with Crippen LogP contribution in [0, 0.1) is 0 Å². The van der Waals surface area contributed by atoms with Gasteiger partial charge in [0.1, 0.15) is 0 Å². The molecule has 1 heterocycles. The average Bonchev–Trinajstić information content (AvgIpc) is 2.67. The van der Waals surface area contributed by atoms with E-state index in [4.69, 9.17) is 4.74 Å². The molecule has 148 valence electrons. The van der Waals surface area contributed by atoms with Crippen LogP contribution in [0.25, 0.3) is 0 Å². The van der Waals surface area contributed by atoms with E-state index in [9.17, 15) is 14.4 Å². The van der Waals surface area contributed by atoms with Crippen LogP contribution in [0.4, 0.5) is 4.79 Å². The molecule has 3 amide bonds. The molecule has 1 aromatic rings. The molecule has 0 atom stereocenters. The van der Waals surface area contributed by atoms with Crippen molar-refractivity contribution in [3.05, 3.63) is 35.4 Å². The molecule has 27 heavy (non-hydrogen) atoms. The van der Waals surface area contributed by atoms with Crippen molar-refractivity contribution in [3.8, 4) is 0 Å². The van der Waals surface area contributed by atoms with E-state index in [-0.39, 0.29) is 17.9 Å². The van der Waals surface area contributed by atoms with Gasteiger partial charge in [0.05, 0.1) is 6.61 Å². The Kier molecular flexibility index (Phi) is 7.60. The van der Waals surface area contributed by atoms with Crippen molar-refractivity contribution < 1.29 is 19.1 Å². The van der Waals surface area contributed by atoms with Crippen LogP contribution in [-0.2, 0) is 4.74 Å². The first-order valence-electron chi connectivity index (χ1n) is 9.16. The molecule has 0 aliphatic carbocycles. The Morgan fingerprint density at radius 3 is 2.11 bits per heavy atom. The largest absolute Gasteiger partial charge is 0.450 e. The Bertz CT molecular complexity index is 652. The minimum atomic E-state index is -0.339. The minimum absolute atomic E-state index is 0.0990. The van der Waals surface area contributed by atoms with Crippen molar-refractivity contribution in [1.29, 1.82) is 0 Å². The van der Waals surface area contributed by atoms with Crippen LogP contribution < -0.4 is 5.32 Å². The van der Waals surface area contributed by atoms with Crippen molar-refractivity contribution >= 4 is 17.9 Å². The summed E-state index contributed by atoms with van der Waals surface area (Å²) in [6, 6.07) is 6.65. The molecule has 0 unspecified atom stereocenters. The van der Waals surface area contributed by atoms with Crippen molar-refractivity contribution in [2.75, 3.05) is 60.0 Å². The smallest absolute Gasteiger partial charge is 0.409 e. The normalized spacial score (nSPS) is 14.2. The van der Waals surface area contributed by atoms with Gasteiger partial charge in [0, 0.05) is 50.4 Å². The number of amides is 3. The summed E-state index contributed by atoms with van der Waals surface area (Å²) < 4.78 is 4.98. The van der Waals surface area contributed by atoms with Gasteiger partial charge < -0.3 is 24.8 Å². The van der Waals surface area contributed by atoms with Crippen LogP contribution in [0.3, 0.4) is 0 Å². The lowest BCUT2D eigenvalue weighted by atomic mass is 10.1. The van der Waals surface area contributed by atoms with Crippen LogP contribution in [0.2, 0.25) is 0 Å². The van der Waals surface area contributed by atoms with Gasteiger partial charge in [-0.1, -0.05) is 0 Å². The molecule has 1 aliphatic heterocycles. The highest BCUT2D eigenvalue weighted by atomic mass is 16.6. The third-order valence-electron chi connectivity index (χ3n) is 4.33. The summed E-state index contributed by atoms with van der Waals surface area (Å²) >= 11 is 0. The molecule has 1 fully saturated rings. The number of hydrogen-bond acceptors (Lipinski definition) is 5. The molecule has 8 nitrogen and oxygen atoms in total. The van der Waals surface area contributed by atoms with Crippen LogP contribution in [-0.4, -0.2) is 92.6 Å². The number of nitrogens with zero attached hydrogens (tertiary/aromatic N) is 3. The van der Waals surface area contributed by atoms with E-state index in [0.717, 1.165) is 6.54 Å². The number of likely N-dealkylation sites (N-methyl/N-ethyl adjacent to an activating group) is 1. The molecule has 0 aromatic heterocycles. The second-order valence-corrected chi connectivity index (χ2v) is 6.61. The molecule has 8 heteroatoms.